The largest absolute Gasteiger partial charge is 0.541 e. The Labute approximate surface area is 220 Å². The molecule has 3 fully saturated rings. The molecule has 3 heterocycles. The zero-order valence-corrected chi connectivity index (χ0v) is 21.0. The van der Waals surface area contributed by atoms with Crippen LogP contribution in [-0.2, 0) is 25.5 Å². The molecule has 0 N–H and O–H groups in total. The van der Waals surface area contributed by atoms with Crippen molar-refractivity contribution in [3.8, 4) is 0 Å². The minimum Gasteiger partial charge on any atom is -0.541 e. The number of rotatable bonds is 8. The summed E-state index contributed by atoms with van der Waals surface area (Å²) in [6.07, 6.45) is 1.87. The van der Waals surface area contributed by atoms with Gasteiger partial charge in [0.1, 0.15) is 5.78 Å². The van der Waals surface area contributed by atoms with Gasteiger partial charge in [0.2, 0.25) is 10.8 Å². The van der Waals surface area contributed by atoms with Crippen molar-refractivity contribution in [1.29, 1.82) is 0 Å². The first-order valence-electron chi connectivity index (χ1n) is 12.0. The second kappa shape index (κ2) is 10.0. The Hall–Kier alpha value is -3.60. The van der Waals surface area contributed by atoms with Gasteiger partial charge in [-0.05, 0) is 18.1 Å². The molecule has 0 bridgehead atoms. The first-order chi connectivity index (χ1) is 17.8. The van der Waals surface area contributed by atoms with Gasteiger partial charge in [0.15, 0.2) is 0 Å². The number of urea groups is 1. The minimum absolute atomic E-state index is 0.0595. The molecular weight excluding hydrogens is 491 g/mol. The molecule has 0 saturated carbocycles. The van der Waals surface area contributed by atoms with Crippen molar-refractivity contribution in [2.45, 2.75) is 36.1 Å². The molecule has 0 aliphatic carbocycles. The molecule has 3 saturated heterocycles. The molecule has 9 nitrogen and oxygen atoms in total. The van der Waals surface area contributed by atoms with E-state index < -0.39 is 34.2 Å². The summed E-state index contributed by atoms with van der Waals surface area (Å²) >= 11 is 1.15. The summed E-state index contributed by atoms with van der Waals surface area (Å²) < 4.78 is 4.65. The van der Waals surface area contributed by atoms with E-state index in [1.54, 1.807) is 13.1 Å². The van der Waals surface area contributed by atoms with Crippen LogP contribution in [0.15, 0.2) is 65.8 Å². The van der Waals surface area contributed by atoms with E-state index in [2.05, 4.69) is 9.76 Å². The van der Waals surface area contributed by atoms with Crippen LogP contribution in [0.3, 0.4) is 0 Å². The number of β-lactam (4-membered cyclic amide) rings is 1. The number of nitrogens with zero attached hydrogens (tertiary/aromatic N) is 4. The molecule has 2 aromatic carbocycles. The van der Waals surface area contributed by atoms with Crippen LogP contribution in [0, 0.1) is 5.92 Å². The maximum atomic E-state index is 13.4. The van der Waals surface area contributed by atoms with Gasteiger partial charge in [-0.2, -0.15) is 5.10 Å². The molecule has 2 aromatic rings. The zero-order valence-electron chi connectivity index (χ0n) is 20.2. The van der Waals surface area contributed by atoms with Gasteiger partial charge in [0, 0.05) is 12.8 Å². The standard InChI is InChI=1S/C26H25BN4O5S/c1-17-15-30(28-14-19-10-6-3-7-11-19)25(35)31(17)26(24(34)36-27)16-29-22(33)21(23(29)37-26)13-20(32)12-18-8-4-2-5-9-18/h2-11,14,17,21,23H,12-13,15-16H2,1H3/b28-14+/t17-,21-,23-,26-/m1/s1. The van der Waals surface area contributed by atoms with Crippen LogP contribution >= 0.6 is 11.8 Å². The number of benzene rings is 2. The highest BCUT2D eigenvalue weighted by Gasteiger charge is 2.67. The van der Waals surface area contributed by atoms with Crippen LogP contribution in [0.2, 0.25) is 0 Å². The molecule has 0 unspecified atom stereocenters. The number of carbonyl (C=O) groups excluding carboxylic acids is 4. The molecular formula is C26H25BN4O5S. The highest BCUT2D eigenvalue weighted by molar-refractivity contribution is 8.02. The number of amides is 3. The predicted octanol–water partition coefficient (Wildman–Crippen LogP) is 2.20. The molecule has 0 spiro atoms. The molecule has 3 aliphatic heterocycles. The lowest BCUT2D eigenvalue weighted by molar-refractivity contribution is -0.154. The summed E-state index contributed by atoms with van der Waals surface area (Å²) in [4.78, 5) is 53.6. The maximum absolute atomic E-state index is 13.4. The third-order valence-corrected chi connectivity index (χ3v) is 8.62. The van der Waals surface area contributed by atoms with Crippen molar-refractivity contribution < 1.29 is 23.8 Å². The first-order valence-corrected chi connectivity index (χ1v) is 12.9. The lowest BCUT2D eigenvalue weighted by Gasteiger charge is -2.41. The Morgan fingerprint density at radius 3 is 2.49 bits per heavy atom. The molecule has 3 aliphatic rings. The molecule has 3 amide bonds. The Balaban J connectivity index is 1.33. The van der Waals surface area contributed by atoms with Crippen molar-refractivity contribution in [3.05, 3.63) is 71.8 Å². The number of hydrazone groups is 1. The fourth-order valence-electron chi connectivity index (χ4n) is 5.15. The summed E-state index contributed by atoms with van der Waals surface area (Å²) in [6, 6.07) is 17.8. The van der Waals surface area contributed by atoms with Crippen molar-refractivity contribution in [2.24, 2.45) is 11.0 Å². The summed E-state index contributed by atoms with van der Waals surface area (Å²) in [5, 5.41) is 5.18. The van der Waals surface area contributed by atoms with Gasteiger partial charge in [-0.15, -0.1) is 0 Å². The van der Waals surface area contributed by atoms with E-state index in [-0.39, 0.29) is 37.6 Å². The van der Waals surface area contributed by atoms with Gasteiger partial charge in [0.05, 0.1) is 36.6 Å². The quantitative estimate of drug-likeness (QED) is 0.303. The van der Waals surface area contributed by atoms with E-state index in [1.807, 2.05) is 60.7 Å². The number of Topliss-reactive ketones (excluding diaryl/α,β-unsaturated/α-hetero) is 1. The van der Waals surface area contributed by atoms with Gasteiger partial charge < -0.3 is 9.55 Å². The van der Waals surface area contributed by atoms with Crippen LogP contribution in [0.4, 0.5) is 4.79 Å². The summed E-state index contributed by atoms with van der Waals surface area (Å²) in [7, 11) is 5.31. The lowest BCUT2D eigenvalue weighted by Crippen LogP contribution is -2.60. The summed E-state index contributed by atoms with van der Waals surface area (Å²) in [5.41, 5.74) is 1.70. The van der Waals surface area contributed by atoms with Crippen LogP contribution in [-0.4, -0.2) is 82.1 Å². The van der Waals surface area contributed by atoms with Crippen molar-refractivity contribution in [1.82, 2.24) is 14.8 Å². The van der Waals surface area contributed by atoms with Gasteiger partial charge in [-0.25, -0.2) is 9.80 Å². The Morgan fingerprint density at radius 1 is 1.14 bits per heavy atom. The van der Waals surface area contributed by atoms with E-state index in [0.29, 0.717) is 0 Å². The number of fused-ring (bicyclic) bond motifs is 1. The number of thioether (sulfide) groups is 1. The second-order valence-electron chi connectivity index (χ2n) is 9.41. The fourth-order valence-corrected chi connectivity index (χ4v) is 6.96. The molecule has 37 heavy (non-hydrogen) atoms. The van der Waals surface area contributed by atoms with Crippen LogP contribution in [0.5, 0.6) is 0 Å². The maximum Gasteiger partial charge on any atom is 0.378 e. The molecule has 11 heteroatoms. The Kier molecular flexibility index (Phi) is 6.81. The van der Waals surface area contributed by atoms with E-state index in [9.17, 15) is 19.2 Å². The SMILES string of the molecule is [B]OC(=O)[C@@]1(N2C(=O)N(/N=C/c3ccccc3)C[C@H]2C)CN2C(=O)[C@@H](CC(=O)Cc3ccccc3)[C@H]2S1. The van der Waals surface area contributed by atoms with Gasteiger partial charge >= 0.3 is 20.0 Å². The number of hydrogen-bond acceptors (Lipinski definition) is 7. The van der Waals surface area contributed by atoms with Crippen molar-refractivity contribution in [3.63, 3.8) is 0 Å². The van der Waals surface area contributed by atoms with E-state index in [0.717, 1.165) is 22.9 Å². The zero-order chi connectivity index (χ0) is 26.2. The third kappa shape index (κ3) is 4.52. The second-order valence-corrected chi connectivity index (χ2v) is 10.8. The normalized spacial score (nSPS) is 26.9. The minimum atomic E-state index is -1.53. The summed E-state index contributed by atoms with van der Waals surface area (Å²) in [5.74, 6) is -1.67. The van der Waals surface area contributed by atoms with Crippen LogP contribution in [0.25, 0.3) is 0 Å². The monoisotopic (exact) mass is 516 g/mol. The predicted molar refractivity (Wildman–Crippen MR) is 138 cm³/mol. The highest BCUT2D eigenvalue weighted by atomic mass is 32.2. The van der Waals surface area contributed by atoms with Gasteiger partial charge in [-0.1, -0.05) is 72.4 Å². The van der Waals surface area contributed by atoms with E-state index >= 15 is 0 Å². The molecule has 2 radical (unpaired) electrons. The highest BCUT2D eigenvalue weighted by Crippen LogP contribution is 2.53. The van der Waals surface area contributed by atoms with Crippen LogP contribution < -0.4 is 0 Å². The molecule has 5 rings (SSSR count). The summed E-state index contributed by atoms with van der Waals surface area (Å²) in [6.45, 7) is 1.99. The Morgan fingerprint density at radius 2 is 1.81 bits per heavy atom. The topological polar surface area (TPSA) is 99.6 Å². The van der Waals surface area contributed by atoms with E-state index in [4.69, 9.17) is 8.05 Å². The molecule has 0 aromatic heterocycles. The third-order valence-electron chi connectivity index (χ3n) is 6.91. The van der Waals surface area contributed by atoms with E-state index in [1.165, 1.54) is 14.8 Å². The molecule has 4 atom stereocenters. The lowest BCUT2D eigenvalue weighted by atomic mass is 9.90. The Bertz CT molecular complexity index is 1250. The number of hydrogen-bond donors (Lipinski definition) is 0. The van der Waals surface area contributed by atoms with Crippen molar-refractivity contribution >= 4 is 49.7 Å². The van der Waals surface area contributed by atoms with Crippen LogP contribution in [0.1, 0.15) is 24.5 Å². The average Bonchev–Trinajstić information content (AvgIpc) is 3.41. The first kappa shape index (κ1) is 25.1. The van der Waals surface area contributed by atoms with Gasteiger partial charge in [-0.3, -0.25) is 19.3 Å². The average molecular weight is 516 g/mol. The van der Waals surface area contributed by atoms with Crippen molar-refractivity contribution in [2.75, 3.05) is 13.1 Å². The van der Waals surface area contributed by atoms with Gasteiger partial charge in [0.25, 0.3) is 0 Å². The molecule has 188 valence electrons. The number of ketones is 1. The fraction of sp³-hybridized carbons (Fsp3) is 0.346. The number of carbonyl (C=O) groups is 4. The smallest absolute Gasteiger partial charge is 0.378 e.